The van der Waals surface area contributed by atoms with E-state index in [4.69, 9.17) is 10.1 Å². The molecule has 0 spiro atoms. The maximum absolute atomic E-state index is 11.9. The largest absolute Gasteiger partial charge is 0.365 e. The summed E-state index contributed by atoms with van der Waals surface area (Å²) in [7, 11) is 1.68. The van der Waals surface area contributed by atoms with Crippen LogP contribution in [0.15, 0.2) is 24.3 Å². The molecule has 164 valence electrons. The normalized spacial score (nSPS) is 17.5. The van der Waals surface area contributed by atoms with Gasteiger partial charge in [0.05, 0.1) is 0 Å². The molecular weight excluding hydrogens is 410 g/mol. The first-order valence-electron chi connectivity index (χ1n) is 11.1. The van der Waals surface area contributed by atoms with Crippen LogP contribution in [0.2, 0.25) is 0 Å². The Labute approximate surface area is 186 Å². The number of anilines is 2. The van der Waals surface area contributed by atoms with Gasteiger partial charge in [-0.15, -0.1) is 5.10 Å². The first kappa shape index (κ1) is 20.1. The van der Waals surface area contributed by atoms with Gasteiger partial charge in [0.25, 0.3) is 0 Å². The van der Waals surface area contributed by atoms with Gasteiger partial charge in [-0.05, 0) is 25.8 Å². The SMILES string of the molecule is CNC(=O)N1CCN(c2nn3c(NC4CCCC4)c(-c4cccc(C)c4)nc3s2)CC1. The Morgan fingerprint density at radius 2 is 1.94 bits per heavy atom. The lowest BCUT2D eigenvalue weighted by molar-refractivity contribution is 0.196. The highest BCUT2D eigenvalue weighted by atomic mass is 32.1. The van der Waals surface area contributed by atoms with Gasteiger partial charge in [-0.3, -0.25) is 0 Å². The molecule has 0 unspecified atom stereocenters. The number of nitrogens with zero attached hydrogens (tertiary/aromatic N) is 5. The van der Waals surface area contributed by atoms with Crippen molar-refractivity contribution in [2.24, 2.45) is 0 Å². The van der Waals surface area contributed by atoms with E-state index >= 15 is 0 Å². The Morgan fingerprint density at radius 3 is 2.65 bits per heavy atom. The molecule has 2 aromatic heterocycles. The summed E-state index contributed by atoms with van der Waals surface area (Å²) in [6, 6.07) is 8.97. The van der Waals surface area contributed by atoms with Crippen LogP contribution in [0.5, 0.6) is 0 Å². The van der Waals surface area contributed by atoms with E-state index in [0.29, 0.717) is 19.1 Å². The summed E-state index contributed by atoms with van der Waals surface area (Å²) in [6.45, 7) is 5.06. The molecule has 1 saturated carbocycles. The van der Waals surface area contributed by atoms with E-state index < -0.39 is 0 Å². The second-order valence-electron chi connectivity index (χ2n) is 8.41. The number of imidazole rings is 1. The number of nitrogens with one attached hydrogen (secondary N) is 2. The maximum atomic E-state index is 11.9. The van der Waals surface area contributed by atoms with Crippen molar-refractivity contribution in [2.45, 2.75) is 38.6 Å². The Bertz CT molecular complexity index is 1080. The molecule has 0 radical (unpaired) electrons. The number of piperazine rings is 1. The monoisotopic (exact) mass is 439 g/mol. The quantitative estimate of drug-likeness (QED) is 0.650. The number of urea groups is 1. The summed E-state index contributed by atoms with van der Waals surface area (Å²) in [4.78, 5) is 21.9. The summed E-state index contributed by atoms with van der Waals surface area (Å²) in [6.07, 6.45) is 4.94. The van der Waals surface area contributed by atoms with Gasteiger partial charge in [-0.25, -0.2) is 9.78 Å². The van der Waals surface area contributed by atoms with Crippen molar-refractivity contribution in [3.8, 4) is 11.3 Å². The van der Waals surface area contributed by atoms with Crippen LogP contribution in [0.3, 0.4) is 0 Å². The molecule has 8 nitrogen and oxygen atoms in total. The van der Waals surface area contributed by atoms with E-state index in [1.807, 2.05) is 9.42 Å². The average molecular weight is 440 g/mol. The summed E-state index contributed by atoms with van der Waals surface area (Å²) in [5, 5.41) is 12.4. The molecule has 2 fully saturated rings. The van der Waals surface area contributed by atoms with Crippen LogP contribution < -0.4 is 15.5 Å². The van der Waals surface area contributed by atoms with Crippen molar-refractivity contribution in [1.82, 2.24) is 24.8 Å². The second kappa shape index (κ2) is 8.37. The highest BCUT2D eigenvalue weighted by Crippen LogP contribution is 2.35. The number of carbonyl (C=O) groups is 1. The van der Waals surface area contributed by atoms with Crippen molar-refractivity contribution in [2.75, 3.05) is 43.4 Å². The molecule has 5 rings (SSSR count). The maximum Gasteiger partial charge on any atom is 0.317 e. The van der Waals surface area contributed by atoms with Gasteiger partial charge in [0.15, 0.2) is 5.82 Å². The lowest BCUT2D eigenvalue weighted by atomic mass is 10.1. The second-order valence-corrected chi connectivity index (χ2v) is 9.35. The smallest absolute Gasteiger partial charge is 0.317 e. The molecule has 9 heteroatoms. The van der Waals surface area contributed by atoms with Gasteiger partial charge in [-0.2, -0.15) is 4.52 Å². The van der Waals surface area contributed by atoms with E-state index in [1.54, 1.807) is 18.4 Å². The van der Waals surface area contributed by atoms with Crippen molar-refractivity contribution in [1.29, 1.82) is 0 Å². The van der Waals surface area contributed by atoms with Crippen LogP contribution in [0.25, 0.3) is 16.2 Å². The molecule has 2 aliphatic rings. The van der Waals surface area contributed by atoms with Crippen molar-refractivity contribution in [3.05, 3.63) is 29.8 Å². The summed E-state index contributed by atoms with van der Waals surface area (Å²) in [5.41, 5.74) is 3.33. The summed E-state index contributed by atoms with van der Waals surface area (Å²) < 4.78 is 1.99. The molecule has 3 aromatic rings. The zero-order valence-corrected chi connectivity index (χ0v) is 18.9. The number of hydrogen-bond acceptors (Lipinski definition) is 6. The Morgan fingerprint density at radius 1 is 1.16 bits per heavy atom. The van der Waals surface area contributed by atoms with Crippen LogP contribution in [-0.2, 0) is 0 Å². The predicted octanol–water partition coefficient (Wildman–Crippen LogP) is 3.58. The first-order chi connectivity index (χ1) is 15.1. The molecule has 1 aliphatic heterocycles. The van der Waals surface area contributed by atoms with Gasteiger partial charge in [-0.1, -0.05) is 47.9 Å². The molecule has 3 heterocycles. The fourth-order valence-electron chi connectivity index (χ4n) is 4.51. The van der Waals surface area contributed by atoms with Gasteiger partial charge in [0.2, 0.25) is 10.1 Å². The van der Waals surface area contributed by atoms with Crippen LogP contribution in [0, 0.1) is 6.92 Å². The van der Waals surface area contributed by atoms with Gasteiger partial charge in [0.1, 0.15) is 5.69 Å². The number of hydrogen-bond donors (Lipinski definition) is 2. The van der Waals surface area contributed by atoms with Gasteiger partial charge >= 0.3 is 6.03 Å². The minimum Gasteiger partial charge on any atom is -0.365 e. The van der Waals surface area contributed by atoms with Gasteiger partial charge in [0, 0.05) is 44.8 Å². The molecule has 0 bridgehead atoms. The number of aromatic nitrogens is 3. The fraction of sp³-hybridized carbons (Fsp3) is 0.500. The number of benzene rings is 1. The summed E-state index contributed by atoms with van der Waals surface area (Å²) in [5.74, 6) is 0.999. The van der Waals surface area contributed by atoms with E-state index in [1.165, 1.54) is 31.2 Å². The van der Waals surface area contributed by atoms with Crippen LogP contribution in [-0.4, -0.2) is 64.8 Å². The standard InChI is InChI=1S/C22H29N7OS/c1-15-6-5-7-16(14-15)18-19(24-17-8-3-4-9-17)29-21(25-18)31-22(26-29)28-12-10-27(11-13-28)20(30)23-2/h5-7,14,17,24H,3-4,8-13H2,1-2H3,(H,23,30). The number of aryl methyl sites for hydroxylation is 1. The molecular formula is C22H29N7OS. The van der Waals surface area contributed by atoms with Crippen LogP contribution in [0.4, 0.5) is 15.7 Å². The lowest BCUT2D eigenvalue weighted by Gasteiger charge is -2.33. The minimum absolute atomic E-state index is 0.0144. The third-order valence-corrected chi connectivity index (χ3v) is 7.20. The number of amides is 2. The lowest BCUT2D eigenvalue weighted by Crippen LogP contribution is -2.51. The zero-order valence-electron chi connectivity index (χ0n) is 18.1. The van der Waals surface area contributed by atoms with Gasteiger partial charge < -0.3 is 20.4 Å². The summed E-state index contributed by atoms with van der Waals surface area (Å²) >= 11 is 1.62. The number of carbonyl (C=O) groups excluding carboxylic acids is 1. The average Bonchev–Trinajstić information content (AvgIpc) is 3.51. The fourth-order valence-corrected chi connectivity index (χ4v) is 5.46. The Kier molecular flexibility index (Phi) is 5.43. The Hall–Kier alpha value is -2.81. The molecule has 1 aliphatic carbocycles. The van der Waals surface area contributed by atoms with E-state index in [2.05, 4.69) is 46.7 Å². The minimum atomic E-state index is -0.0144. The first-order valence-corrected chi connectivity index (χ1v) is 11.9. The molecule has 2 N–H and O–H groups in total. The predicted molar refractivity (Wildman–Crippen MR) is 125 cm³/mol. The molecule has 2 amide bonds. The van der Waals surface area contributed by atoms with E-state index in [0.717, 1.165) is 40.3 Å². The molecule has 1 saturated heterocycles. The zero-order chi connectivity index (χ0) is 21.4. The van der Waals surface area contributed by atoms with Crippen molar-refractivity contribution < 1.29 is 4.79 Å². The number of rotatable bonds is 4. The third-order valence-electron chi connectivity index (χ3n) is 6.23. The van der Waals surface area contributed by atoms with Crippen molar-refractivity contribution in [3.63, 3.8) is 0 Å². The third kappa shape index (κ3) is 3.94. The molecule has 31 heavy (non-hydrogen) atoms. The Balaban J connectivity index is 1.46. The molecule has 1 aromatic carbocycles. The topological polar surface area (TPSA) is 77.8 Å². The van der Waals surface area contributed by atoms with Crippen LogP contribution in [0.1, 0.15) is 31.2 Å². The highest BCUT2D eigenvalue weighted by molar-refractivity contribution is 7.20. The van der Waals surface area contributed by atoms with E-state index in [-0.39, 0.29) is 6.03 Å². The van der Waals surface area contributed by atoms with Crippen molar-refractivity contribution >= 4 is 33.3 Å². The van der Waals surface area contributed by atoms with Crippen LogP contribution >= 0.6 is 11.3 Å². The molecule has 0 atom stereocenters. The van der Waals surface area contributed by atoms with E-state index in [9.17, 15) is 4.79 Å². The number of fused-ring (bicyclic) bond motifs is 1. The highest BCUT2D eigenvalue weighted by Gasteiger charge is 2.26.